The minimum atomic E-state index is -1.73. The first kappa shape index (κ1) is 71.5. The predicted molar refractivity (Wildman–Crippen MR) is 371 cm³/mol. The topological polar surface area (TPSA) is 111 Å². The summed E-state index contributed by atoms with van der Waals surface area (Å²) in [6.45, 7) is 64.4. The Bertz CT molecular complexity index is 3270. The fourth-order valence-corrected chi connectivity index (χ4v) is 14.3. The van der Waals surface area contributed by atoms with Crippen molar-refractivity contribution in [1.29, 1.82) is 0 Å². The van der Waals surface area contributed by atoms with Gasteiger partial charge in [-0.25, -0.2) is 0 Å². The Morgan fingerprint density at radius 3 is 1.08 bits per heavy atom. The smallest absolute Gasteiger partial charge is 0.397 e. The van der Waals surface area contributed by atoms with Gasteiger partial charge in [-0.15, -0.1) is 0 Å². The molecule has 2 saturated heterocycles. The second kappa shape index (κ2) is 25.9. The quantitative estimate of drug-likeness (QED) is 0.111. The zero-order valence-electron chi connectivity index (χ0n) is 59.3. The first-order chi connectivity index (χ1) is 40.0. The molecule has 6 aromatic rings. The summed E-state index contributed by atoms with van der Waals surface area (Å²) in [4.78, 5) is 0. The molecule has 13 heteroatoms. The lowest BCUT2D eigenvalue weighted by atomic mass is 9.77. The standard InChI is InChI=1S/C42H61O4P.C33H50O6P2/c1-26-20-27(21-32(35(26)43)40(8,9)10)18-17-19-44-47-45-36-30(22-28(38(2,3)4)24-33(36)41(11,12)13)31-23-29(39(5,6)7)25-34(37(31)46-47)42(14,15)16;1-29(2,3)23-13-15-27(25(17-23)31(7,8)9)38-40-34-19-33(20-35-40)21-36-41(37-22-33)39-28-16-14-24(30(4,5)6)18-26(28)32(10,11)12/h20-25,43H,17-19H2,1-16H3;13-18H,19-22H2,1-12H3. The van der Waals surface area contributed by atoms with Crippen LogP contribution < -0.4 is 13.6 Å². The van der Waals surface area contributed by atoms with Crippen molar-refractivity contribution in [2.45, 2.75) is 255 Å². The van der Waals surface area contributed by atoms with Crippen LogP contribution in [0.2, 0.25) is 0 Å². The van der Waals surface area contributed by atoms with E-state index in [4.69, 9.17) is 40.1 Å². The van der Waals surface area contributed by atoms with Crippen LogP contribution in [0.1, 0.15) is 255 Å². The van der Waals surface area contributed by atoms with Gasteiger partial charge in [0.1, 0.15) is 28.4 Å². The van der Waals surface area contributed by atoms with E-state index in [1.165, 1.54) is 38.9 Å². The third-order valence-corrected chi connectivity index (χ3v) is 19.8. The fraction of sp³-hybridized carbons (Fsp3) is 0.600. The molecule has 0 radical (unpaired) electrons. The monoisotopic (exact) mass is 1260 g/mol. The molecule has 3 heterocycles. The van der Waals surface area contributed by atoms with Crippen molar-refractivity contribution in [3.8, 4) is 17.2 Å². The van der Waals surface area contributed by atoms with E-state index in [-0.39, 0.29) is 54.1 Å². The maximum Gasteiger partial charge on any atom is 0.397 e. The zero-order valence-corrected chi connectivity index (χ0v) is 62.0. The number of phenols is 1. The van der Waals surface area contributed by atoms with Crippen molar-refractivity contribution in [2.75, 3.05) is 33.0 Å². The highest BCUT2D eigenvalue weighted by Gasteiger charge is 2.46. The van der Waals surface area contributed by atoms with Gasteiger partial charge in [-0.3, -0.25) is 4.52 Å². The second-order valence-electron chi connectivity index (χ2n) is 34.3. The third-order valence-electron chi connectivity index (χ3n) is 16.7. The molecule has 0 saturated carbocycles. The molecule has 2 aliphatic heterocycles. The molecular formula is C75H111O10P3. The molecule has 1 aromatic heterocycles. The lowest BCUT2D eigenvalue weighted by Crippen LogP contribution is -2.45. The van der Waals surface area contributed by atoms with Gasteiger partial charge in [-0.05, 0) is 132 Å². The maximum absolute atomic E-state index is 10.7. The Hall–Kier alpha value is -3.94. The van der Waals surface area contributed by atoms with E-state index in [2.05, 4.69) is 260 Å². The molecule has 5 aromatic carbocycles. The molecule has 1 N–H and O–H groups in total. The van der Waals surface area contributed by atoms with E-state index in [1.54, 1.807) is 0 Å². The summed E-state index contributed by atoms with van der Waals surface area (Å²) in [5, 5.41) is 12.9. The largest absolute Gasteiger partial charge is 0.507 e. The van der Waals surface area contributed by atoms with Crippen LogP contribution in [-0.2, 0) is 73.3 Å². The maximum atomic E-state index is 10.7. The van der Waals surface area contributed by atoms with Gasteiger partial charge in [-0.1, -0.05) is 235 Å². The van der Waals surface area contributed by atoms with Gasteiger partial charge in [0.05, 0.1) is 38.4 Å². The lowest BCUT2D eigenvalue weighted by Gasteiger charge is -2.41. The van der Waals surface area contributed by atoms with Gasteiger partial charge < -0.3 is 40.6 Å². The van der Waals surface area contributed by atoms with E-state index in [1.807, 2.05) is 6.92 Å². The highest BCUT2D eigenvalue weighted by molar-refractivity contribution is 7.42. The highest BCUT2D eigenvalue weighted by Crippen LogP contribution is 2.55. The first-order valence-electron chi connectivity index (χ1n) is 31.8. The molecular weight excluding hydrogens is 1150 g/mol. The number of phenolic OH excluding ortho intramolecular Hbond substituents is 1. The number of rotatable bonds is 9. The minimum Gasteiger partial charge on any atom is -0.507 e. The average Bonchev–Trinajstić information content (AvgIpc) is 1.69. The van der Waals surface area contributed by atoms with Crippen LogP contribution in [0, 0.1) is 12.3 Å². The summed E-state index contributed by atoms with van der Waals surface area (Å²) in [6, 6.07) is 26.4. The SMILES string of the molecule is CC(C)(C)c1ccc(OP2OCC3(CO2)COP(Oc2ccc(C(C)(C)C)cc2C(C)(C)C)OC3)c(C(C)(C)C)c1.Cc1cc(CCCOp2oc3c(C(C)(C)C)cc(C(C)(C)C)cc3c3cc(C(C)(C)C)cc(C(C)(C)C)c3o2)cc(C(C)(C)C)c1O. The van der Waals surface area contributed by atoms with Crippen molar-refractivity contribution < 1.29 is 45.2 Å². The molecule has 2 aliphatic rings. The molecule has 0 atom stereocenters. The number of hydrogen-bond acceptors (Lipinski definition) is 10. The molecule has 88 heavy (non-hydrogen) atoms. The van der Waals surface area contributed by atoms with Crippen molar-refractivity contribution in [1.82, 2.24) is 0 Å². The van der Waals surface area contributed by atoms with Gasteiger partial charge >= 0.3 is 25.4 Å². The molecule has 486 valence electrons. The molecule has 0 amide bonds. The molecule has 0 bridgehead atoms. The van der Waals surface area contributed by atoms with Crippen LogP contribution in [-0.4, -0.2) is 38.1 Å². The molecule has 8 rings (SSSR count). The lowest BCUT2D eigenvalue weighted by molar-refractivity contribution is -0.0673. The van der Waals surface area contributed by atoms with Crippen LogP contribution in [0.4, 0.5) is 0 Å². The van der Waals surface area contributed by atoms with Crippen LogP contribution in [0.5, 0.6) is 17.2 Å². The number of hydrogen-bond donors (Lipinski definition) is 1. The third kappa shape index (κ3) is 17.6. The van der Waals surface area contributed by atoms with Crippen LogP contribution in [0.15, 0.2) is 81.2 Å². The van der Waals surface area contributed by atoms with Crippen molar-refractivity contribution in [3.05, 3.63) is 134 Å². The molecule has 2 fully saturated rings. The van der Waals surface area contributed by atoms with E-state index in [9.17, 15) is 5.11 Å². The average molecular weight is 1270 g/mol. The summed E-state index contributed by atoms with van der Waals surface area (Å²) in [5.41, 5.74) is 13.6. The Morgan fingerprint density at radius 1 is 0.409 bits per heavy atom. The summed E-state index contributed by atoms with van der Waals surface area (Å²) < 4.78 is 57.5. The van der Waals surface area contributed by atoms with Crippen molar-refractivity contribution >= 4 is 47.4 Å². The van der Waals surface area contributed by atoms with E-state index >= 15 is 0 Å². The fourth-order valence-electron chi connectivity index (χ4n) is 10.7. The summed E-state index contributed by atoms with van der Waals surface area (Å²) in [7, 11) is -4.77. The van der Waals surface area contributed by atoms with Gasteiger partial charge in [0.2, 0.25) is 0 Å². The Labute approximate surface area is 534 Å². The van der Waals surface area contributed by atoms with Crippen molar-refractivity contribution in [3.63, 3.8) is 0 Å². The number of fused-ring (bicyclic) bond motifs is 3. The zero-order chi connectivity index (χ0) is 65.9. The summed E-state index contributed by atoms with van der Waals surface area (Å²) in [6.07, 6.45) is 1.65. The normalized spacial score (nSPS) is 18.6. The van der Waals surface area contributed by atoms with E-state index in [0.717, 1.165) is 68.5 Å². The van der Waals surface area contributed by atoms with Crippen LogP contribution in [0.3, 0.4) is 0 Å². The predicted octanol–water partition coefficient (Wildman–Crippen LogP) is 22.7. The van der Waals surface area contributed by atoms with Crippen LogP contribution in [0.25, 0.3) is 21.9 Å². The van der Waals surface area contributed by atoms with Gasteiger partial charge in [0, 0.05) is 33.0 Å². The minimum absolute atomic E-state index is 0.0441. The van der Waals surface area contributed by atoms with E-state index < -0.39 is 25.4 Å². The number of aryl methyl sites for hydroxylation is 2. The van der Waals surface area contributed by atoms with Gasteiger partial charge in [0.15, 0.2) is 0 Å². The molecule has 0 unspecified atom stereocenters. The van der Waals surface area contributed by atoms with E-state index in [0.29, 0.717) is 38.8 Å². The van der Waals surface area contributed by atoms with Gasteiger partial charge in [0.25, 0.3) is 0 Å². The van der Waals surface area contributed by atoms with Gasteiger partial charge in [-0.2, -0.15) is 0 Å². The number of benzene rings is 5. The Morgan fingerprint density at radius 2 is 0.750 bits per heavy atom. The highest BCUT2D eigenvalue weighted by atomic mass is 31.2. The van der Waals surface area contributed by atoms with Crippen LogP contribution >= 0.6 is 25.4 Å². The summed E-state index contributed by atoms with van der Waals surface area (Å²) in [5.74, 6) is 2.02. The Balaban J connectivity index is 0.000000253. The molecule has 10 nitrogen and oxygen atoms in total. The Kier molecular flexibility index (Phi) is 21.0. The molecule has 1 spiro atoms. The van der Waals surface area contributed by atoms with Crippen molar-refractivity contribution in [2.24, 2.45) is 5.41 Å². The second-order valence-corrected chi connectivity index (χ2v) is 37.7. The molecule has 0 aliphatic carbocycles. The first-order valence-corrected chi connectivity index (χ1v) is 35.1. The number of aromatic hydroxyl groups is 1. The summed E-state index contributed by atoms with van der Waals surface area (Å²) >= 11 is 0.